The van der Waals surface area contributed by atoms with E-state index in [9.17, 15) is 4.79 Å². The van der Waals surface area contributed by atoms with E-state index in [-0.39, 0.29) is 11.9 Å². The molecule has 1 aromatic heterocycles. The van der Waals surface area contributed by atoms with Crippen molar-refractivity contribution in [3.05, 3.63) is 57.3 Å². The largest absolute Gasteiger partial charge is 0.344 e. The second-order valence-electron chi connectivity index (χ2n) is 4.99. The lowest BCUT2D eigenvalue weighted by Crippen LogP contribution is -2.28. The topological polar surface area (TPSA) is 34.0 Å². The molecule has 0 fully saturated rings. The molecular weight excluding hydrogens is 352 g/mol. The molecule has 21 heavy (non-hydrogen) atoms. The molecule has 2 aromatic rings. The molecule has 0 bridgehead atoms. The van der Waals surface area contributed by atoms with E-state index < -0.39 is 0 Å². The predicted molar refractivity (Wildman–Crippen MR) is 89.8 cm³/mol. The van der Waals surface area contributed by atoms with E-state index >= 15 is 0 Å². The molecule has 0 aliphatic carbocycles. The zero-order valence-electron chi connectivity index (χ0n) is 12.1. The Bertz CT molecular complexity index is 639. The van der Waals surface area contributed by atoms with Crippen LogP contribution in [-0.4, -0.2) is 10.5 Å². The Morgan fingerprint density at radius 3 is 2.86 bits per heavy atom. The molecule has 1 amide bonds. The summed E-state index contributed by atoms with van der Waals surface area (Å²) in [4.78, 5) is 12.4. The first-order valence-corrected chi connectivity index (χ1v) is 8.10. The van der Waals surface area contributed by atoms with Crippen LogP contribution in [0.25, 0.3) is 0 Å². The molecule has 5 heteroatoms. The van der Waals surface area contributed by atoms with Gasteiger partial charge in [0.25, 0.3) is 5.91 Å². The fourth-order valence-corrected chi connectivity index (χ4v) is 2.86. The molecular formula is C16H18BrClN2O. The average Bonchev–Trinajstić information content (AvgIpc) is 2.80. The van der Waals surface area contributed by atoms with Gasteiger partial charge < -0.3 is 9.88 Å². The number of aromatic nitrogens is 1. The Hall–Kier alpha value is -1.26. The maximum absolute atomic E-state index is 12.4. The molecule has 2 rings (SSSR count). The minimum Gasteiger partial charge on any atom is -0.344 e. The first-order chi connectivity index (χ1) is 10.0. The van der Waals surface area contributed by atoms with Crippen LogP contribution in [0.5, 0.6) is 0 Å². The number of nitrogens with zero attached hydrogens (tertiary/aromatic N) is 1. The highest BCUT2D eigenvalue weighted by Crippen LogP contribution is 2.20. The number of hydrogen-bond donors (Lipinski definition) is 1. The molecule has 3 nitrogen and oxygen atoms in total. The predicted octanol–water partition coefficient (Wildman–Crippen LogP) is 4.81. The Labute approximate surface area is 138 Å². The van der Waals surface area contributed by atoms with Crippen molar-refractivity contribution in [1.82, 2.24) is 9.88 Å². The Balaban J connectivity index is 2.14. The van der Waals surface area contributed by atoms with Crippen LogP contribution in [0.15, 0.2) is 41.0 Å². The van der Waals surface area contributed by atoms with Crippen molar-refractivity contribution in [2.24, 2.45) is 0 Å². The molecule has 112 valence electrons. The Morgan fingerprint density at radius 2 is 2.19 bits per heavy atom. The van der Waals surface area contributed by atoms with Crippen molar-refractivity contribution < 1.29 is 4.79 Å². The molecule has 0 radical (unpaired) electrons. The van der Waals surface area contributed by atoms with Crippen molar-refractivity contribution in [3.8, 4) is 0 Å². The maximum Gasteiger partial charge on any atom is 0.268 e. The number of carbonyl (C=O) groups excluding carboxylic acids is 1. The van der Waals surface area contributed by atoms with E-state index in [1.807, 2.05) is 35.8 Å². The number of carbonyl (C=O) groups is 1. The van der Waals surface area contributed by atoms with Crippen molar-refractivity contribution in [1.29, 1.82) is 0 Å². The van der Waals surface area contributed by atoms with Gasteiger partial charge >= 0.3 is 0 Å². The highest BCUT2D eigenvalue weighted by molar-refractivity contribution is 9.10. The summed E-state index contributed by atoms with van der Waals surface area (Å²) in [7, 11) is 0. The molecule has 1 heterocycles. The number of halogens is 2. The summed E-state index contributed by atoms with van der Waals surface area (Å²) >= 11 is 9.46. The first-order valence-electron chi connectivity index (χ1n) is 6.93. The molecule has 0 aliphatic heterocycles. The zero-order valence-corrected chi connectivity index (χ0v) is 14.4. The van der Waals surface area contributed by atoms with Crippen molar-refractivity contribution in [2.75, 3.05) is 0 Å². The number of amides is 1. The highest BCUT2D eigenvalue weighted by atomic mass is 79.9. The number of aryl methyl sites for hydroxylation is 1. The summed E-state index contributed by atoms with van der Waals surface area (Å²) in [6, 6.07) is 9.55. The van der Waals surface area contributed by atoms with Crippen molar-refractivity contribution in [3.63, 3.8) is 0 Å². The number of benzene rings is 1. The lowest BCUT2D eigenvalue weighted by molar-refractivity contribution is 0.0930. The maximum atomic E-state index is 12.4. The fourth-order valence-electron chi connectivity index (χ4n) is 2.22. The van der Waals surface area contributed by atoms with Gasteiger partial charge in [-0.15, -0.1) is 0 Å². The summed E-state index contributed by atoms with van der Waals surface area (Å²) in [6.07, 6.45) is 2.75. The van der Waals surface area contributed by atoms with E-state index in [0.717, 1.165) is 23.0 Å². The van der Waals surface area contributed by atoms with E-state index in [2.05, 4.69) is 28.2 Å². The normalized spacial score (nSPS) is 12.2. The summed E-state index contributed by atoms with van der Waals surface area (Å²) < 4.78 is 2.89. The SMILES string of the molecule is CCCn1cc(Cl)cc1C(=O)NC(C)c1cccc(Br)c1. The van der Waals surface area contributed by atoms with E-state index in [1.165, 1.54) is 0 Å². The van der Waals surface area contributed by atoms with Crippen LogP contribution in [0, 0.1) is 0 Å². The van der Waals surface area contributed by atoms with E-state index in [0.29, 0.717) is 10.7 Å². The summed E-state index contributed by atoms with van der Waals surface area (Å²) in [6.45, 7) is 4.81. The standard InChI is InChI=1S/C16H18BrClN2O/c1-3-7-20-10-14(18)9-15(20)16(21)19-11(2)12-5-4-6-13(17)8-12/h4-6,8-11H,3,7H2,1-2H3,(H,19,21). The summed E-state index contributed by atoms with van der Waals surface area (Å²) in [5.74, 6) is -0.108. The van der Waals surface area contributed by atoms with E-state index in [4.69, 9.17) is 11.6 Å². The van der Waals surface area contributed by atoms with Gasteiger partial charge in [-0.1, -0.05) is 46.6 Å². The van der Waals surface area contributed by atoms with Crippen LogP contribution in [0.1, 0.15) is 42.4 Å². The third-order valence-corrected chi connectivity index (χ3v) is 3.96. The molecule has 0 saturated heterocycles. The third-order valence-electron chi connectivity index (χ3n) is 3.26. The van der Waals surface area contributed by atoms with Crippen LogP contribution in [0.4, 0.5) is 0 Å². The first kappa shape index (κ1) is 16.1. The average molecular weight is 370 g/mol. The molecule has 1 N–H and O–H groups in total. The van der Waals surface area contributed by atoms with Crippen LogP contribution >= 0.6 is 27.5 Å². The summed E-state index contributed by atoms with van der Waals surface area (Å²) in [5, 5.41) is 3.60. The highest BCUT2D eigenvalue weighted by Gasteiger charge is 2.16. The molecule has 0 spiro atoms. The van der Waals surface area contributed by atoms with Gasteiger partial charge in [-0.2, -0.15) is 0 Å². The molecule has 0 aliphatic rings. The van der Waals surface area contributed by atoms with Gasteiger partial charge in [-0.05, 0) is 37.1 Å². The lowest BCUT2D eigenvalue weighted by Gasteiger charge is -2.15. The number of hydrogen-bond acceptors (Lipinski definition) is 1. The van der Waals surface area contributed by atoms with Crippen LogP contribution < -0.4 is 5.32 Å². The van der Waals surface area contributed by atoms with Gasteiger partial charge in [0.05, 0.1) is 11.1 Å². The van der Waals surface area contributed by atoms with E-state index in [1.54, 1.807) is 12.3 Å². The van der Waals surface area contributed by atoms with Gasteiger partial charge in [0.1, 0.15) is 5.69 Å². The Kier molecular flexibility index (Phi) is 5.48. The second kappa shape index (κ2) is 7.14. The van der Waals surface area contributed by atoms with Gasteiger partial charge in [-0.3, -0.25) is 4.79 Å². The van der Waals surface area contributed by atoms with Crippen LogP contribution in [0.2, 0.25) is 5.02 Å². The van der Waals surface area contributed by atoms with Crippen molar-refractivity contribution >= 4 is 33.4 Å². The van der Waals surface area contributed by atoms with Gasteiger partial charge in [-0.25, -0.2) is 0 Å². The van der Waals surface area contributed by atoms with Gasteiger partial charge in [0.2, 0.25) is 0 Å². The number of rotatable bonds is 5. The van der Waals surface area contributed by atoms with Gasteiger partial charge in [0.15, 0.2) is 0 Å². The van der Waals surface area contributed by atoms with Gasteiger partial charge in [0, 0.05) is 17.2 Å². The molecule has 1 aromatic carbocycles. The smallest absolute Gasteiger partial charge is 0.268 e. The summed E-state index contributed by atoms with van der Waals surface area (Å²) in [5.41, 5.74) is 1.65. The lowest BCUT2D eigenvalue weighted by atomic mass is 10.1. The quantitative estimate of drug-likeness (QED) is 0.806. The minimum absolute atomic E-state index is 0.0706. The van der Waals surface area contributed by atoms with Crippen LogP contribution in [0.3, 0.4) is 0 Å². The Morgan fingerprint density at radius 1 is 1.43 bits per heavy atom. The van der Waals surface area contributed by atoms with Crippen LogP contribution in [-0.2, 0) is 6.54 Å². The molecule has 1 atom stereocenters. The molecule has 0 saturated carbocycles. The fraction of sp³-hybridized carbons (Fsp3) is 0.312. The minimum atomic E-state index is -0.108. The molecule has 1 unspecified atom stereocenters. The zero-order chi connectivity index (χ0) is 15.4. The second-order valence-corrected chi connectivity index (χ2v) is 6.34. The third kappa shape index (κ3) is 4.11. The monoisotopic (exact) mass is 368 g/mol. The number of nitrogens with one attached hydrogen (secondary N) is 1. The van der Waals surface area contributed by atoms with Crippen molar-refractivity contribution in [2.45, 2.75) is 32.9 Å².